The smallest absolute Gasteiger partial charge is 0.125 e. The molecule has 0 unspecified atom stereocenters. The second-order valence-electron chi connectivity index (χ2n) is 5.47. The van der Waals surface area contributed by atoms with Crippen molar-refractivity contribution in [3.8, 4) is 0 Å². The Bertz CT molecular complexity index is 601. The van der Waals surface area contributed by atoms with Gasteiger partial charge in [0.15, 0.2) is 0 Å². The highest BCUT2D eigenvalue weighted by Gasteiger charge is 1.84. The molecule has 3 rings (SSSR count). The Morgan fingerprint density at radius 3 is 1.25 bits per heavy atom. The van der Waals surface area contributed by atoms with Gasteiger partial charge in [-0.25, -0.2) is 19.9 Å². The van der Waals surface area contributed by atoms with Crippen molar-refractivity contribution < 1.29 is 0 Å². The fourth-order valence-corrected chi connectivity index (χ4v) is 1.84. The van der Waals surface area contributed by atoms with E-state index >= 15 is 0 Å². The molecule has 0 bridgehead atoms. The third-order valence-corrected chi connectivity index (χ3v) is 2.88. The molecule has 0 N–H and O–H groups in total. The van der Waals surface area contributed by atoms with E-state index in [4.69, 9.17) is 0 Å². The van der Waals surface area contributed by atoms with Crippen LogP contribution < -0.4 is 0 Å². The van der Waals surface area contributed by atoms with E-state index < -0.39 is 0 Å². The summed E-state index contributed by atoms with van der Waals surface area (Å²) < 4.78 is 0. The molecule has 24 heavy (non-hydrogen) atoms. The zero-order chi connectivity index (χ0) is 17.9. The molecular weight excluding hydrogens is 298 g/mol. The molecule has 3 heterocycles. The van der Waals surface area contributed by atoms with Gasteiger partial charge in [-0.15, -0.1) is 0 Å². The van der Waals surface area contributed by atoms with Gasteiger partial charge in [-0.1, -0.05) is 0 Å². The molecule has 0 atom stereocenters. The number of hydrogen-bond acceptors (Lipinski definition) is 5. The molecule has 0 aromatic carbocycles. The van der Waals surface area contributed by atoms with Crippen LogP contribution in [0.5, 0.6) is 0 Å². The van der Waals surface area contributed by atoms with Crippen molar-refractivity contribution >= 4 is 0 Å². The molecule has 0 amide bonds. The first-order valence-electron chi connectivity index (χ1n) is 7.78. The molecule has 3 aromatic rings. The van der Waals surface area contributed by atoms with Crippen molar-refractivity contribution in [1.82, 2.24) is 24.9 Å². The summed E-state index contributed by atoms with van der Waals surface area (Å²) in [4.78, 5) is 20.0. The molecular formula is C19H25N5. The summed E-state index contributed by atoms with van der Waals surface area (Å²) in [5.41, 5.74) is 4.41. The van der Waals surface area contributed by atoms with E-state index in [1.165, 1.54) is 5.56 Å². The van der Waals surface area contributed by atoms with Gasteiger partial charge >= 0.3 is 0 Å². The lowest BCUT2D eigenvalue weighted by molar-refractivity contribution is 1.01. The molecule has 0 spiro atoms. The lowest BCUT2D eigenvalue weighted by Crippen LogP contribution is -1.86. The molecule has 0 aliphatic rings. The van der Waals surface area contributed by atoms with Gasteiger partial charge in [0.2, 0.25) is 0 Å². The molecule has 0 saturated carbocycles. The average Bonchev–Trinajstić information content (AvgIpc) is 2.47. The third-order valence-electron chi connectivity index (χ3n) is 2.88. The highest BCUT2D eigenvalue weighted by Crippen LogP contribution is 1.96. The summed E-state index contributed by atoms with van der Waals surface area (Å²) in [6, 6.07) is 7.81. The number of rotatable bonds is 0. The lowest BCUT2D eigenvalue weighted by Gasteiger charge is -1.90. The zero-order valence-corrected chi connectivity index (χ0v) is 15.3. The molecule has 5 nitrogen and oxygen atoms in total. The maximum absolute atomic E-state index is 4.06. The SMILES string of the molecule is Cc1ccnc(C)c1.Cc1ccnc(C)n1.Cc1ccnc(C)n1. The number of nitrogens with zero attached hydrogens (tertiary/aromatic N) is 5. The van der Waals surface area contributed by atoms with E-state index in [-0.39, 0.29) is 0 Å². The summed E-state index contributed by atoms with van der Waals surface area (Å²) in [5.74, 6) is 1.68. The first-order chi connectivity index (χ1) is 11.4. The maximum atomic E-state index is 4.06. The Morgan fingerprint density at radius 2 is 1.00 bits per heavy atom. The normalized spacial score (nSPS) is 9.25. The van der Waals surface area contributed by atoms with E-state index in [1.807, 2.05) is 59.0 Å². The number of pyridine rings is 1. The molecule has 0 aliphatic carbocycles. The van der Waals surface area contributed by atoms with Crippen LogP contribution in [0.2, 0.25) is 0 Å². The Kier molecular flexibility index (Phi) is 8.19. The summed E-state index contributed by atoms with van der Waals surface area (Å²) >= 11 is 0. The van der Waals surface area contributed by atoms with Crippen LogP contribution in [0, 0.1) is 41.5 Å². The number of hydrogen-bond donors (Lipinski definition) is 0. The fraction of sp³-hybridized carbons (Fsp3) is 0.316. The molecule has 0 fully saturated rings. The summed E-state index contributed by atoms with van der Waals surface area (Å²) in [5, 5.41) is 0. The topological polar surface area (TPSA) is 64.5 Å². The minimum Gasteiger partial charge on any atom is -0.262 e. The van der Waals surface area contributed by atoms with Crippen molar-refractivity contribution in [3.63, 3.8) is 0 Å². The minimum absolute atomic E-state index is 0.838. The van der Waals surface area contributed by atoms with Crippen LogP contribution in [0.25, 0.3) is 0 Å². The van der Waals surface area contributed by atoms with Crippen LogP contribution in [-0.4, -0.2) is 24.9 Å². The molecule has 0 saturated heterocycles. The van der Waals surface area contributed by atoms with Crippen molar-refractivity contribution in [1.29, 1.82) is 0 Å². The van der Waals surface area contributed by atoms with E-state index in [2.05, 4.69) is 37.9 Å². The Morgan fingerprint density at radius 1 is 0.542 bits per heavy atom. The predicted octanol–water partition coefficient (Wildman–Crippen LogP) is 3.89. The van der Waals surface area contributed by atoms with E-state index in [9.17, 15) is 0 Å². The van der Waals surface area contributed by atoms with Crippen LogP contribution >= 0.6 is 0 Å². The van der Waals surface area contributed by atoms with Crippen molar-refractivity contribution in [2.24, 2.45) is 0 Å². The van der Waals surface area contributed by atoms with Crippen LogP contribution in [0.3, 0.4) is 0 Å². The molecule has 5 heteroatoms. The Balaban J connectivity index is 0.000000180. The van der Waals surface area contributed by atoms with E-state index in [0.29, 0.717) is 0 Å². The number of aryl methyl sites for hydroxylation is 6. The van der Waals surface area contributed by atoms with Crippen molar-refractivity contribution in [2.45, 2.75) is 41.5 Å². The predicted molar refractivity (Wildman–Crippen MR) is 96.7 cm³/mol. The first-order valence-corrected chi connectivity index (χ1v) is 7.78. The second-order valence-corrected chi connectivity index (χ2v) is 5.47. The summed E-state index contributed by atoms with van der Waals surface area (Å²) in [6.45, 7) is 11.7. The summed E-state index contributed by atoms with van der Waals surface area (Å²) in [6.07, 6.45) is 5.35. The van der Waals surface area contributed by atoms with Crippen molar-refractivity contribution in [3.05, 3.63) is 77.2 Å². The van der Waals surface area contributed by atoms with Crippen LogP contribution in [0.15, 0.2) is 42.9 Å². The van der Waals surface area contributed by atoms with Crippen molar-refractivity contribution in [2.75, 3.05) is 0 Å². The lowest BCUT2D eigenvalue weighted by atomic mass is 10.3. The van der Waals surface area contributed by atoms with Crippen LogP contribution in [0.1, 0.15) is 34.3 Å². The van der Waals surface area contributed by atoms with E-state index in [0.717, 1.165) is 28.7 Å². The van der Waals surface area contributed by atoms with Gasteiger partial charge in [-0.3, -0.25) is 4.98 Å². The Labute approximate surface area is 144 Å². The van der Waals surface area contributed by atoms with E-state index in [1.54, 1.807) is 12.4 Å². The van der Waals surface area contributed by atoms with Gasteiger partial charge in [-0.05, 0) is 71.4 Å². The Hall–Kier alpha value is -2.69. The second kappa shape index (κ2) is 10.2. The molecule has 0 radical (unpaired) electrons. The maximum Gasteiger partial charge on any atom is 0.125 e. The first kappa shape index (κ1) is 19.4. The summed E-state index contributed by atoms with van der Waals surface area (Å²) in [7, 11) is 0. The van der Waals surface area contributed by atoms with Gasteiger partial charge in [0.05, 0.1) is 0 Å². The highest BCUT2D eigenvalue weighted by atomic mass is 14.9. The van der Waals surface area contributed by atoms with Gasteiger partial charge in [0.1, 0.15) is 11.6 Å². The molecule has 126 valence electrons. The molecule has 0 aliphatic heterocycles. The average molecular weight is 323 g/mol. The largest absolute Gasteiger partial charge is 0.262 e. The highest BCUT2D eigenvalue weighted by molar-refractivity contribution is 5.12. The number of aromatic nitrogens is 5. The van der Waals surface area contributed by atoms with Gasteiger partial charge in [-0.2, -0.15) is 0 Å². The van der Waals surface area contributed by atoms with Crippen LogP contribution in [-0.2, 0) is 0 Å². The van der Waals surface area contributed by atoms with Gasteiger partial charge in [0.25, 0.3) is 0 Å². The fourth-order valence-electron chi connectivity index (χ4n) is 1.84. The zero-order valence-electron chi connectivity index (χ0n) is 15.3. The quantitative estimate of drug-likeness (QED) is 0.628. The van der Waals surface area contributed by atoms with Gasteiger partial charge in [0, 0.05) is 35.7 Å². The van der Waals surface area contributed by atoms with Crippen LogP contribution in [0.4, 0.5) is 0 Å². The minimum atomic E-state index is 0.838. The van der Waals surface area contributed by atoms with Gasteiger partial charge < -0.3 is 0 Å². The monoisotopic (exact) mass is 323 g/mol. The third kappa shape index (κ3) is 8.68. The standard InChI is InChI=1S/C7H9N.2C6H8N2/c1-6-3-4-8-7(2)5-6;2*1-5-3-4-7-6(2)8-5/h3-5H,1-2H3;2*3-4H,1-2H3. The molecule has 3 aromatic heterocycles.